The van der Waals surface area contributed by atoms with E-state index in [9.17, 15) is 0 Å². The summed E-state index contributed by atoms with van der Waals surface area (Å²) in [6.07, 6.45) is 4.94. The van der Waals surface area contributed by atoms with Crippen molar-refractivity contribution >= 4 is 47.0 Å². The van der Waals surface area contributed by atoms with Crippen LogP contribution in [-0.4, -0.2) is 45.2 Å². The Bertz CT molecular complexity index is 667. The minimum atomic E-state index is 0. The van der Waals surface area contributed by atoms with Crippen molar-refractivity contribution in [2.45, 2.75) is 26.2 Å². The summed E-state index contributed by atoms with van der Waals surface area (Å²) in [6, 6.07) is 8.67. The van der Waals surface area contributed by atoms with Crippen LogP contribution in [0.4, 0.5) is 5.69 Å². The lowest BCUT2D eigenvalue weighted by Gasteiger charge is -2.13. The minimum absolute atomic E-state index is 0. The first kappa shape index (κ1) is 22.7. The molecular weight excluding hydrogens is 457 g/mol. The average molecular weight is 487 g/mol. The summed E-state index contributed by atoms with van der Waals surface area (Å²) >= 11 is 1.80. The predicted octanol–water partition coefficient (Wildman–Crippen LogP) is 3.34. The number of anilines is 1. The summed E-state index contributed by atoms with van der Waals surface area (Å²) in [4.78, 5) is 12.2. The lowest BCUT2D eigenvalue weighted by molar-refractivity contribution is 0.782. The molecule has 0 aliphatic heterocycles. The summed E-state index contributed by atoms with van der Waals surface area (Å²) < 4.78 is 0. The number of hydrogen-bond acceptors (Lipinski definition) is 4. The lowest BCUT2D eigenvalue weighted by Crippen LogP contribution is -2.39. The molecule has 0 spiro atoms. The zero-order chi connectivity index (χ0) is 18.1. The molecule has 0 unspecified atom stereocenters. The van der Waals surface area contributed by atoms with Crippen LogP contribution in [0.1, 0.15) is 22.4 Å². The van der Waals surface area contributed by atoms with Crippen LogP contribution in [0.5, 0.6) is 0 Å². The quantitative estimate of drug-likeness (QED) is 0.341. The highest BCUT2D eigenvalue weighted by molar-refractivity contribution is 14.0. The Kier molecular flexibility index (Phi) is 10.6. The van der Waals surface area contributed by atoms with Crippen molar-refractivity contribution in [3.63, 3.8) is 0 Å². The van der Waals surface area contributed by atoms with E-state index in [4.69, 9.17) is 0 Å². The predicted molar refractivity (Wildman–Crippen MR) is 124 cm³/mol. The van der Waals surface area contributed by atoms with E-state index < -0.39 is 0 Å². The Morgan fingerprint density at radius 2 is 1.77 bits per heavy atom. The van der Waals surface area contributed by atoms with Gasteiger partial charge < -0.3 is 15.5 Å². The molecule has 26 heavy (non-hydrogen) atoms. The molecule has 1 aromatic carbocycles. The minimum Gasteiger partial charge on any atom is -0.378 e. The van der Waals surface area contributed by atoms with Gasteiger partial charge >= 0.3 is 0 Å². The van der Waals surface area contributed by atoms with Crippen molar-refractivity contribution in [3.05, 3.63) is 45.9 Å². The van der Waals surface area contributed by atoms with Gasteiger partial charge in [0.05, 0.1) is 5.01 Å². The lowest BCUT2D eigenvalue weighted by atomic mass is 10.1. The number of thiazole rings is 1. The van der Waals surface area contributed by atoms with Gasteiger partial charge in [0.2, 0.25) is 0 Å². The number of nitrogens with one attached hydrogen (secondary N) is 2. The van der Waals surface area contributed by atoms with Gasteiger partial charge in [0.25, 0.3) is 0 Å². The Hall–Kier alpha value is -1.35. The van der Waals surface area contributed by atoms with Crippen LogP contribution in [-0.2, 0) is 19.3 Å². The summed E-state index contributed by atoms with van der Waals surface area (Å²) in [5, 5.41) is 7.91. The van der Waals surface area contributed by atoms with E-state index in [2.05, 4.69) is 70.8 Å². The molecule has 2 aromatic rings. The molecule has 2 rings (SSSR count). The molecule has 0 bridgehead atoms. The number of nitrogens with zero attached hydrogens (tertiary/aromatic N) is 3. The number of guanidine groups is 1. The van der Waals surface area contributed by atoms with Crippen LogP contribution in [0.15, 0.2) is 35.5 Å². The van der Waals surface area contributed by atoms with Gasteiger partial charge in [-0.15, -0.1) is 35.3 Å². The van der Waals surface area contributed by atoms with Gasteiger partial charge in [0, 0.05) is 57.4 Å². The highest BCUT2D eigenvalue weighted by Gasteiger charge is 2.02. The van der Waals surface area contributed by atoms with Crippen LogP contribution < -0.4 is 15.5 Å². The average Bonchev–Trinajstić information content (AvgIpc) is 3.09. The van der Waals surface area contributed by atoms with Gasteiger partial charge in [-0.2, -0.15) is 0 Å². The molecule has 0 saturated carbocycles. The fraction of sp³-hybridized carbons (Fsp3) is 0.474. The van der Waals surface area contributed by atoms with E-state index in [1.807, 2.05) is 6.20 Å². The molecule has 7 heteroatoms. The van der Waals surface area contributed by atoms with E-state index in [1.54, 1.807) is 18.4 Å². The standard InChI is InChI=1S/C19H29N5S.HI/c1-5-17-14-23-18(25-17)11-13-22-19(20-2)21-12-10-15-6-8-16(9-7-15)24(3)4;/h6-9,14H,5,10-13H2,1-4H3,(H2,20,21,22);1H. The molecule has 0 fully saturated rings. The van der Waals surface area contributed by atoms with Crippen molar-refractivity contribution in [2.24, 2.45) is 4.99 Å². The molecule has 0 radical (unpaired) electrons. The van der Waals surface area contributed by atoms with Crippen LogP contribution in [0, 0.1) is 0 Å². The molecule has 0 atom stereocenters. The maximum Gasteiger partial charge on any atom is 0.191 e. The van der Waals surface area contributed by atoms with Gasteiger partial charge in [-0.05, 0) is 30.5 Å². The zero-order valence-corrected chi connectivity index (χ0v) is 19.2. The van der Waals surface area contributed by atoms with Crippen LogP contribution in [0.2, 0.25) is 0 Å². The molecule has 0 amide bonds. The van der Waals surface area contributed by atoms with E-state index in [0.29, 0.717) is 0 Å². The molecular formula is C19H30IN5S. The number of hydrogen-bond donors (Lipinski definition) is 2. The van der Waals surface area contributed by atoms with Crippen LogP contribution >= 0.6 is 35.3 Å². The van der Waals surface area contributed by atoms with Crippen molar-refractivity contribution in [1.29, 1.82) is 0 Å². The Balaban J connectivity index is 0.00000338. The number of halogens is 1. The fourth-order valence-corrected chi connectivity index (χ4v) is 3.28. The van der Waals surface area contributed by atoms with Crippen molar-refractivity contribution in [2.75, 3.05) is 39.1 Å². The molecule has 2 N–H and O–H groups in total. The number of aromatic nitrogens is 1. The third kappa shape index (κ3) is 7.49. The fourth-order valence-electron chi connectivity index (χ4n) is 2.42. The summed E-state index contributed by atoms with van der Waals surface area (Å²) in [5.41, 5.74) is 2.55. The molecule has 0 saturated heterocycles. The van der Waals surface area contributed by atoms with Crippen molar-refractivity contribution < 1.29 is 0 Å². The second kappa shape index (κ2) is 12.1. The normalized spacial score (nSPS) is 11.0. The number of aliphatic imine (C=N–C) groups is 1. The van der Waals surface area contributed by atoms with E-state index in [0.717, 1.165) is 38.3 Å². The second-order valence-electron chi connectivity index (χ2n) is 6.06. The Morgan fingerprint density at radius 1 is 1.12 bits per heavy atom. The molecule has 0 aliphatic carbocycles. The summed E-state index contributed by atoms with van der Waals surface area (Å²) in [5.74, 6) is 0.845. The van der Waals surface area contributed by atoms with Gasteiger partial charge in [-0.25, -0.2) is 4.98 Å². The molecule has 1 heterocycles. The van der Waals surface area contributed by atoms with E-state index in [-0.39, 0.29) is 24.0 Å². The van der Waals surface area contributed by atoms with Gasteiger partial charge in [0.15, 0.2) is 5.96 Å². The first-order chi connectivity index (χ1) is 12.1. The zero-order valence-electron chi connectivity index (χ0n) is 16.1. The number of aryl methyl sites for hydroxylation is 1. The monoisotopic (exact) mass is 487 g/mol. The third-order valence-electron chi connectivity index (χ3n) is 3.96. The van der Waals surface area contributed by atoms with E-state index in [1.165, 1.54) is 21.1 Å². The van der Waals surface area contributed by atoms with Crippen molar-refractivity contribution in [1.82, 2.24) is 15.6 Å². The third-order valence-corrected chi connectivity index (χ3v) is 5.17. The summed E-state index contributed by atoms with van der Waals surface area (Å²) in [7, 11) is 5.92. The topological polar surface area (TPSA) is 52.6 Å². The van der Waals surface area contributed by atoms with Gasteiger partial charge in [-0.3, -0.25) is 4.99 Å². The first-order valence-electron chi connectivity index (χ1n) is 8.76. The van der Waals surface area contributed by atoms with E-state index >= 15 is 0 Å². The Labute approximate surface area is 178 Å². The number of rotatable bonds is 8. The van der Waals surface area contributed by atoms with Gasteiger partial charge in [0.1, 0.15) is 0 Å². The van der Waals surface area contributed by atoms with Gasteiger partial charge in [-0.1, -0.05) is 19.1 Å². The molecule has 144 valence electrons. The SMILES string of the molecule is CCc1cnc(CCNC(=NC)NCCc2ccc(N(C)C)cc2)s1.I. The first-order valence-corrected chi connectivity index (χ1v) is 9.58. The smallest absolute Gasteiger partial charge is 0.191 e. The highest BCUT2D eigenvalue weighted by atomic mass is 127. The Morgan fingerprint density at radius 3 is 2.31 bits per heavy atom. The highest BCUT2D eigenvalue weighted by Crippen LogP contribution is 2.13. The van der Waals surface area contributed by atoms with Crippen molar-refractivity contribution in [3.8, 4) is 0 Å². The molecule has 5 nitrogen and oxygen atoms in total. The number of benzene rings is 1. The van der Waals surface area contributed by atoms with Crippen LogP contribution in [0.3, 0.4) is 0 Å². The maximum atomic E-state index is 4.45. The maximum absolute atomic E-state index is 4.45. The molecule has 0 aliphatic rings. The largest absolute Gasteiger partial charge is 0.378 e. The van der Waals surface area contributed by atoms with Crippen LogP contribution in [0.25, 0.3) is 0 Å². The summed E-state index contributed by atoms with van der Waals surface area (Å²) in [6.45, 7) is 3.86. The second-order valence-corrected chi connectivity index (χ2v) is 7.26. The molecule has 1 aromatic heterocycles.